The van der Waals surface area contributed by atoms with E-state index in [0.717, 1.165) is 12.8 Å². The van der Waals surface area contributed by atoms with Crippen molar-refractivity contribution >= 4 is 5.97 Å². The van der Waals surface area contributed by atoms with Crippen LogP contribution < -0.4 is 5.32 Å². The van der Waals surface area contributed by atoms with Crippen LogP contribution >= 0.6 is 0 Å². The second-order valence-corrected chi connectivity index (χ2v) is 7.39. The van der Waals surface area contributed by atoms with Crippen molar-refractivity contribution in [1.29, 1.82) is 0 Å². The number of carbonyl (C=O) groups is 1. The van der Waals surface area contributed by atoms with Crippen molar-refractivity contribution in [3.8, 4) is 0 Å². The minimum absolute atomic E-state index is 0.0678. The smallest absolute Gasteiger partial charge is 0.320 e. The zero-order chi connectivity index (χ0) is 13.9. The number of hydrogen-bond acceptors (Lipinski definition) is 3. The number of ether oxygens (including phenoxy) is 1. The molecule has 3 nitrogen and oxygen atoms in total. The summed E-state index contributed by atoms with van der Waals surface area (Å²) >= 11 is 0. The quantitative estimate of drug-likeness (QED) is 0.794. The molecule has 0 amide bonds. The van der Waals surface area contributed by atoms with Gasteiger partial charge in [-0.15, -0.1) is 0 Å². The Bertz CT molecular complexity index is 308. The highest BCUT2D eigenvalue weighted by Crippen LogP contribution is 2.39. The van der Waals surface area contributed by atoms with Crippen LogP contribution in [0.2, 0.25) is 0 Å². The lowest BCUT2D eigenvalue weighted by Crippen LogP contribution is -2.38. The molecule has 0 heterocycles. The molecule has 3 heteroatoms. The highest BCUT2D eigenvalue weighted by molar-refractivity contribution is 5.71. The molecule has 2 unspecified atom stereocenters. The van der Waals surface area contributed by atoms with Gasteiger partial charge < -0.3 is 10.1 Å². The molecule has 2 saturated carbocycles. The molecule has 2 aliphatic carbocycles. The number of rotatable bonds is 4. The molecule has 2 fully saturated rings. The van der Waals surface area contributed by atoms with Crippen LogP contribution in [0.1, 0.15) is 65.7 Å². The van der Waals surface area contributed by atoms with Crippen LogP contribution in [0.15, 0.2) is 0 Å². The molecule has 2 atom stereocenters. The molecular weight excluding hydrogens is 238 g/mol. The van der Waals surface area contributed by atoms with E-state index in [-0.39, 0.29) is 12.1 Å². The van der Waals surface area contributed by atoms with E-state index in [1.165, 1.54) is 32.1 Å². The maximum absolute atomic E-state index is 11.9. The Balaban J connectivity index is 1.72. The summed E-state index contributed by atoms with van der Waals surface area (Å²) in [6.45, 7) is 7.20. The fraction of sp³-hybridized carbons (Fsp3) is 0.938. The minimum Gasteiger partial charge on any atom is -0.461 e. The van der Waals surface area contributed by atoms with E-state index in [1.807, 2.05) is 0 Å². The fourth-order valence-electron chi connectivity index (χ4n) is 3.93. The lowest BCUT2D eigenvalue weighted by Gasteiger charge is -2.38. The summed E-state index contributed by atoms with van der Waals surface area (Å²) in [5, 5.41) is 3.33. The summed E-state index contributed by atoms with van der Waals surface area (Å²) in [5.74, 6) is 0.589. The largest absolute Gasteiger partial charge is 0.461 e. The molecule has 19 heavy (non-hydrogen) atoms. The molecule has 0 aromatic carbocycles. The van der Waals surface area contributed by atoms with Gasteiger partial charge in [0.25, 0.3) is 0 Å². The first-order valence-corrected chi connectivity index (χ1v) is 7.87. The first-order chi connectivity index (χ1) is 8.94. The Morgan fingerprint density at radius 1 is 1.26 bits per heavy atom. The number of hydrogen-bond donors (Lipinski definition) is 1. The topological polar surface area (TPSA) is 38.3 Å². The van der Waals surface area contributed by atoms with Crippen LogP contribution in [0, 0.1) is 11.3 Å². The van der Waals surface area contributed by atoms with Crippen LogP contribution in [-0.2, 0) is 9.53 Å². The summed E-state index contributed by atoms with van der Waals surface area (Å²) in [4.78, 5) is 11.9. The molecule has 1 N–H and O–H groups in total. The van der Waals surface area contributed by atoms with Gasteiger partial charge >= 0.3 is 5.97 Å². The van der Waals surface area contributed by atoms with Gasteiger partial charge in [-0.1, -0.05) is 33.6 Å². The third-order valence-corrected chi connectivity index (χ3v) is 4.53. The Morgan fingerprint density at radius 2 is 1.95 bits per heavy atom. The van der Waals surface area contributed by atoms with E-state index >= 15 is 0 Å². The summed E-state index contributed by atoms with van der Waals surface area (Å²) in [6.07, 6.45) is 8.40. The molecule has 110 valence electrons. The highest BCUT2D eigenvalue weighted by Gasteiger charge is 2.33. The molecule has 0 radical (unpaired) electrons. The average molecular weight is 267 g/mol. The van der Waals surface area contributed by atoms with Crippen molar-refractivity contribution in [1.82, 2.24) is 5.32 Å². The lowest BCUT2D eigenvalue weighted by atomic mass is 9.71. The monoisotopic (exact) mass is 267 g/mol. The van der Waals surface area contributed by atoms with Crippen LogP contribution in [-0.4, -0.2) is 24.7 Å². The summed E-state index contributed by atoms with van der Waals surface area (Å²) < 4.78 is 5.66. The Hall–Kier alpha value is -0.570. The summed E-state index contributed by atoms with van der Waals surface area (Å²) in [6, 6.07) is 0.536. The Kier molecular flexibility index (Phi) is 4.88. The lowest BCUT2D eigenvalue weighted by molar-refractivity contribution is -0.152. The van der Waals surface area contributed by atoms with Gasteiger partial charge in [0.05, 0.1) is 6.54 Å². The predicted molar refractivity (Wildman–Crippen MR) is 76.9 cm³/mol. The molecule has 0 spiro atoms. The van der Waals surface area contributed by atoms with Gasteiger partial charge in [0.1, 0.15) is 6.10 Å². The number of esters is 1. The molecule has 2 rings (SSSR count). The third kappa shape index (κ3) is 4.79. The van der Waals surface area contributed by atoms with Gasteiger partial charge in [0.2, 0.25) is 0 Å². The molecule has 0 bridgehead atoms. The van der Waals surface area contributed by atoms with E-state index in [0.29, 0.717) is 23.9 Å². The number of nitrogens with one attached hydrogen (secondary N) is 1. The highest BCUT2D eigenvalue weighted by atomic mass is 16.5. The fourth-order valence-corrected chi connectivity index (χ4v) is 3.93. The maximum Gasteiger partial charge on any atom is 0.320 e. The maximum atomic E-state index is 11.9. The molecular formula is C16H29NO2. The van der Waals surface area contributed by atoms with Gasteiger partial charge in [-0.3, -0.25) is 4.79 Å². The van der Waals surface area contributed by atoms with Crippen LogP contribution in [0.25, 0.3) is 0 Å². The van der Waals surface area contributed by atoms with E-state index in [4.69, 9.17) is 4.74 Å². The van der Waals surface area contributed by atoms with Crippen molar-refractivity contribution in [2.75, 3.05) is 6.54 Å². The van der Waals surface area contributed by atoms with Gasteiger partial charge in [0.15, 0.2) is 0 Å². The minimum atomic E-state index is -0.0678. The van der Waals surface area contributed by atoms with E-state index in [1.54, 1.807) is 0 Å². The zero-order valence-electron chi connectivity index (χ0n) is 12.7. The van der Waals surface area contributed by atoms with Crippen molar-refractivity contribution in [2.45, 2.75) is 77.9 Å². The van der Waals surface area contributed by atoms with Crippen molar-refractivity contribution in [3.05, 3.63) is 0 Å². The van der Waals surface area contributed by atoms with E-state index in [9.17, 15) is 4.79 Å². The first-order valence-electron chi connectivity index (χ1n) is 7.87. The third-order valence-electron chi connectivity index (χ3n) is 4.53. The van der Waals surface area contributed by atoms with Crippen LogP contribution in [0.4, 0.5) is 0 Å². The summed E-state index contributed by atoms with van der Waals surface area (Å²) in [5.41, 5.74) is 0.307. The van der Waals surface area contributed by atoms with Gasteiger partial charge in [-0.2, -0.15) is 0 Å². The second kappa shape index (κ2) is 6.25. The number of carbonyl (C=O) groups excluding carboxylic acids is 1. The molecule has 0 aromatic rings. The van der Waals surface area contributed by atoms with Gasteiger partial charge in [-0.05, 0) is 43.4 Å². The Labute approximate surface area is 117 Å². The van der Waals surface area contributed by atoms with Crippen molar-refractivity contribution in [2.24, 2.45) is 11.3 Å². The SMILES string of the molecule is CC1CC(OC(=O)CNC2CCCC2)CC(C)(C)C1. The van der Waals surface area contributed by atoms with Gasteiger partial charge in [-0.25, -0.2) is 0 Å². The second-order valence-electron chi connectivity index (χ2n) is 7.39. The van der Waals surface area contributed by atoms with Crippen molar-refractivity contribution in [3.63, 3.8) is 0 Å². The van der Waals surface area contributed by atoms with Crippen molar-refractivity contribution < 1.29 is 9.53 Å². The van der Waals surface area contributed by atoms with Gasteiger partial charge in [0, 0.05) is 6.04 Å². The molecule has 2 aliphatic rings. The molecule has 0 saturated heterocycles. The Morgan fingerprint density at radius 3 is 2.58 bits per heavy atom. The average Bonchev–Trinajstić information content (AvgIpc) is 2.75. The molecule has 0 aromatic heterocycles. The standard InChI is InChI=1S/C16H29NO2/c1-12-8-14(10-16(2,3)9-12)19-15(18)11-17-13-6-4-5-7-13/h12-14,17H,4-11H2,1-3H3. The predicted octanol–water partition coefficient (Wildman–Crippen LogP) is 3.28. The van der Waals surface area contributed by atoms with Crippen LogP contribution in [0.5, 0.6) is 0 Å². The van der Waals surface area contributed by atoms with Crippen LogP contribution in [0.3, 0.4) is 0 Å². The molecule has 0 aliphatic heterocycles. The van der Waals surface area contributed by atoms with E-state index < -0.39 is 0 Å². The normalized spacial score (nSPS) is 31.3. The van der Waals surface area contributed by atoms with E-state index in [2.05, 4.69) is 26.1 Å². The zero-order valence-corrected chi connectivity index (χ0v) is 12.7. The first kappa shape index (κ1) is 14.8. The summed E-state index contributed by atoms with van der Waals surface area (Å²) in [7, 11) is 0.